The summed E-state index contributed by atoms with van der Waals surface area (Å²) in [6, 6.07) is 11.8. The van der Waals surface area contributed by atoms with Crippen molar-refractivity contribution in [2.75, 3.05) is 7.11 Å². The van der Waals surface area contributed by atoms with Crippen molar-refractivity contribution in [3.8, 4) is 11.8 Å². The van der Waals surface area contributed by atoms with Crippen LogP contribution in [-0.4, -0.2) is 27.2 Å². The van der Waals surface area contributed by atoms with Gasteiger partial charge in [-0.05, 0) is 62.4 Å². The van der Waals surface area contributed by atoms with Gasteiger partial charge in [-0.1, -0.05) is 26.0 Å². The number of aryl methyl sites for hydroxylation is 3. The van der Waals surface area contributed by atoms with E-state index in [1.54, 1.807) is 7.11 Å². The van der Waals surface area contributed by atoms with E-state index in [4.69, 9.17) is 4.74 Å². The second-order valence-electron chi connectivity index (χ2n) is 8.04. The number of hydrogen-bond donors (Lipinski definition) is 0. The van der Waals surface area contributed by atoms with Gasteiger partial charge in [0, 0.05) is 23.5 Å². The molecule has 7 heteroatoms. The van der Waals surface area contributed by atoms with Gasteiger partial charge in [-0.3, -0.25) is 9.59 Å². The van der Waals surface area contributed by atoms with Crippen molar-refractivity contribution in [1.29, 1.82) is 5.26 Å². The van der Waals surface area contributed by atoms with E-state index < -0.39 is 5.56 Å². The van der Waals surface area contributed by atoms with Crippen molar-refractivity contribution in [2.24, 2.45) is 0 Å². The summed E-state index contributed by atoms with van der Waals surface area (Å²) < 4.78 is 8.47. The first-order valence-corrected chi connectivity index (χ1v) is 11.2. The summed E-state index contributed by atoms with van der Waals surface area (Å²) in [6.45, 7) is 8.26. The molecule has 0 N–H and O–H groups in total. The largest absolute Gasteiger partial charge is 0.497 e. The molecular weight excluding hydrogens is 416 g/mol. The van der Waals surface area contributed by atoms with Crippen LogP contribution in [0.5, 0.6) is 5.75 Å². The van der Waals surface area contributed by atoms with Crippen LogP contribution in [0.4, 0.5) is 0 Å². The van der Waals surface area contributed by atoms with E-state index in [0.29, 0.717) is 29.7 Å². The highest BCUT2D eigenvalue weighted by atomic mass is 16.5. The third-order valence-corrected chi connectivity index (χ3v) is 6.09. The first kappa shape index (κ1) is 24.0. The van der Waals surface area contributed by atoms with Crippen LogP contribution >= 0.6 is 0 Å². The first-order valence-electron chi connectivity index (χ1n) is 11.2. The Labute approximate surface area is 194 Å². The van der Waals surface area contributed by atoms with Crippen LogP contribution < -0.4 is 10.3 Å². The molecule has 0 spiro atoms. The number of carbonyl (C=O) groups is 1. The predicted octanol–water partition coefficient (Wildman–Crippen LogP) is 3.79. The molecule has 1 aromatic carbocycles. The number of benzene rings is 1. The molecule has 0 unspecified atom stereocenters. The lowest BCUT2D eigenvalue weighted by molar-refractivity contribution is 0.0964. The molecule has 0 saturated heterocycles. The molecule has 0 radical (unpaired) electrons. The number of carbonyl (C=O) groups excluding carboxylic acids is 1. The minimum atomic E-state index is -0.506. The molecule has 3 rings (SSSR count). The van der Waals surface area contributed by atoms with Crippen molar-refractivity contribution in [3.63, 3.8) is 0 Å². The summed E-state index contributed by atoms with van der Waals surface area (Å²) in [5.41, 5.74) is 4.54. The molecule has 0 atom stereocenters. The van der Waals surface area contributed by atoms with Crippen molar-refractivity contribution in [2.45, 2.75) is 60.0 Å². The molecule has 2 aromatic heterocycles. The fraction of sp³-hybridized carbons (Fsp3) is 0.385. The fourth-order valence-electron chi connectivity index (χ4n) is 4.22. The van der Waals surface area contributed by atoms with Crippen molar-refractivity contribution in [1.82, 2.24) is 14.3 Å². The number of nitrogens with zero attached hydrogens (tertiary/aromatic N) is 4. The van der Waals surface area contributed by atoms with Gasteiger partial charge in [0.05, 0.1) is 12.8 Å². The van der Waals surface area contributed by atoms with E-state index >= 15 is 0 Å². The number of ketones is 1. The minimum absolute atomic E-state index is 0.0853. The fourth-order valence-corrected chi connectivity index (χ4v) is 4.22. The predicted molar refractivity (Wildman–Crippen MR) is 127 cm³/mol. The van der Waals surface area contributed by atoms with Crippen molar-refractivity contribution in [3.05, 3.63) is 80.0 Å². The van der Waals surface area contributed by atoms with Crippen LogP contribution in [0.3, 0.4) is 0 Å². The van der Waals surface area contributed by atoms with E-state index in [9.17, 15) is 14.9 Å². The topological polar surface area (TPSA) is 89.9 Å². The molecule has 0 aliphatic carbocycles. The number of nitriles is 1. The Morgan fingerprint density at radius 2 is 1.85 bits per heavy atom. The van der Waals surface area contributed by atoms with Crippen LogP contribution in [0.1, 0.15) is 58.0 Å². The number of aromatic nitrogens is 3. The number of hydrogen-bond acceptors (Lipinski definition) is 5. The maximum absolute atomic E-state index is 13.1. The van der Waals surface area contributed by atoms with Gasteiger partial charge < -0.3 is 9.30 Å². The Hall–Kier alpha value is -3.66. The van der Waals surface area contributed by atoms with E-state index in [2.05, 4.69) is 9.67 Å². The Morgan fingerprint density at radius 3 is 2.42 bits per heavy atom. The van der Waals surface area contributed by atoms with Crippen molar-refractivity contribution >= 4 is 5.78 Å². The van der Waals surface area contributed by atoms with E-state index in [1.165, 1.54) is 5.56 Å². The maximum Gasteiger partial charge on any atom is 0.285 e. The molecule has 0 amide bonds. The molecule has 0 bridgehead atoms. The molecule has 2 heterocycles. The van der Waals surface area contributed by atoms with Gasteiger partial charge in [-0.2, -0.15) is 10.4 Å². The summed E-state index contributed by atoms with van der Waals surface area (Å²) in [5, 5.41) is 13.9. The molecule has 7 nitrogen and oxygen atoms in total. The number of rotatable bonds is 9. The van der Waals surface area contributed by atoms with E-state index in [-0.39, 0.29) is 17.9 Å². The number of Topliss-reactive ketones (excluding diaryl/α,β-unsaturated/α-hetero) is 1. The summed E-state index contributed by atoms with van der Waals surface area (Å²) in [7, 11) is 1.64. The van der Waals surface area contributed by atoms with Crippen LogP contribution in [0.2, 0.25) is 0 Å². The lowest BCUT2D eigenvalue weighted by Crippen LogP contribution is -2.31. The van der Waals surface area contributed by atoms with Crippen LogP contribution in [0.15, 0.2) is 35.1 Å². The second-order valence-corrected chi connectivity index (χ2v) is 8.04. The molecule has 0 saturated carbocycles. The Kier molecular flexibility index (Phi) is 7.49. The monoisotopic (exact) mass is 446 g/mol. The van der Waals surface area contributed by atoms with Gasteiger partial charge in [0.15, 0.2) is 5.78 Å². The van der Waals surface area contributed by atoms with Gasteiger partial charge in [-0.15, -0.1) is 0 Å². The van der Waals surface area contributed by atoms with Crippen molar-refractivity contribution < 1.29 is 9.53 Å². The van der Waals surface area contributed by atoms with Gasteiger partial charge >= 0.3 is 0 Å². The normalized spacial score (nSPS) is 10.8. The standard InChI is InChI=1S/C26H30N4O3/c1-6-21-23(15-27)26(32)30(28-24(21)7-2)16-25(31)22-14-17(3)29(18(22)4)13-12-19-8-10-20(33-5)11-9-19/h8-11,14H,6-7,12-13,16H2,1-5H3. The third-order valence-electron chi connectivity index (χ3n) is 6.09. The molecule has 0 aliphatic rings. The highest BCUT2D eigenvalue weighted by molar-refractivity contribution is 5.97. The second kappa shape index (κ2) is 10.3. The summed E-state index contributed by atoms with van der Waals surface area (Å²) >= 11 is 0. The van der Waals surface area contributed by atoms with Crippen LogP contribution in [-0.2, 0) is 32.4 Å². The Morgan fingerprint density at radius 1 is 1.15 bits per heavy atom. The maximum atomic E-state index is 13.1. The quantitative estimate of drug-likeness (QED) is 0.467. The molecule has 33 heavy (non-hydrogen) atoms. The molecule has 0 fully saturated rings. The van der Waals surface area contributed by atoms with E-state index in [1.807, 2.05) is 64.1 Å². The molecule has 3 aromatic rings. The highest BCUT2D eigenvalue weighted by Crippen LogP contribution is 2.19. The number of methoxy groups -OCH3 is 1. The zero-order valence-electron chi connectivity index (χ0n) is 19.9. The lowest BCUT2D eigenvalue weighted by atomic mass is 10.0. The summed E-state index contributed by atoms with van der Waals surface area (Å²) in [4.78, 5) is 25.9. The van der Waals surface area contributed by atoms with Gasteiger partial charge in [0.25, 0.3) is 5.56 Å². The highest BCUT2D eigenvalue weighted by Gasteiger charge is 2.20. The zero-order valence-corrected chi connectivity index (χ0v) is 19.9. The Bertz CT molecular complexity index is 1260. The van der Waals surface area contributed by atoms with Gasteiger partial charge in [0.2, 0.25) is 0 Å². The van der Waals surface area contributed by atoms with Crippen LogP contribution in [0, 0.1) is 25.2 Å². The van der Waals surface area contributed by atoms with Gasteiger partial charge in [0.1, 0.15) is 23.9 Å². The SMILES string of the molecule is CCc1nn(CC(=O)c2cc(C)n(CCc3ccc(OC)cc3)c2C)c(=O)c(C#N)c1CC. The molecular formula is C26H30N4O3. The third kappa shape index (κ3) is 4.90. The molecule has 0 aliphatic heterocycles. The average molecular weight is 447 g/mol. The zero-order chi connectivity index (χ0) is 24.1. The van der Waals surface area contributed by atoms with Gasteiger partial charge in [-0.25, -0.2) is 4.68 Å². The first-order chi connectivity index (χ1) is 15.8. The number of ether oxygens (including phenoxy) is 1. The summed E-state index contributed by atoms with van der Waals surface area (Å²) in [5.74, 6) is 0.630. The lowest BCUT2D eigenvalue weighted by Gasteiger charge is -2.12. The van der Waals surface area contributed by atoms with E-state index in [0.717, 1.165) is 34.8 Å². The summed E-state index contributed by atoms with van der Waals surface area (Å²) in [6.07, 6.45) is 1.96. The smallest absolute Gasteiger partial charge is 0.285 e. The minimum Gasteiger partial charge on any atom is -0.497 e. The molecule has 172 valence electrons. The average Bonchev–Trinajstić information content (AvgIpc) is 3.11. The Balaban J connectivity index is 1.84. The van der Waals surface area contributed by atoms with Crippen LogP contribution in [0.25, 0.3) is 0 Å².